The number of amides is 2. The molecule has 0 fully saturated rings. The van der Waals surface area contributed by atoms with Gasteiger partial charge in [0, 0.05) is 29.2 Å². The first-order valence-corrected chi connectivity index (χ1v) is 7.82. The Morgan fingerprint density at radius 3 is 3.00 bits per heavy atom. The Bertz CT molecular complexity index is 330. The van der Waals surface area contributed by atoms with Gasteiger partial charge in [0.15, 0.2) is 0 Å². The number of hydrogen-bond donors (Lipinski definition) is 2. The lowest BCUT2D eigenvalue weighted by Gasteiger charge is -2.03. The predicted molar refractivity (Wildman–Crippen MR) is 73.1 cm³/mol. The van der Waals surface area contributed by atoms with Gasteiger partial charge in [-0.2, -0.15) is 11.8 Å². The number of carbonyl (C=O) groups is 1. The molecule has 1 aromatic rings. The first-order valence-electron chi connectivity index (χ1n) is 4.80. The van der Waals surface area contributed by atoms with Gasteiger partial charge in [-0.3, -0.25) is 4.72 Å². The van der Waals surface area contributed by atoms with E-state index in [1.54, 1.807) is 18.4 Å². The summed E-state index contributed by atoms with van der Waals surface area (Å²) in [6.07, 6.45) is 0. The van der Waals surface area contributed by atoms with Crippen molar-refractivity contribution < 1.29 is 4.79 Å². The molecule has 0 atom stereocenters. The van der Waals surface area contributed by atoms with Crippen LogP contribution in [0.4, 0.5) is 4.79 Å². The lowest BCUT2D eigenvalue weighted by molar-refractivity contribution is 0.248. The third kappa shape index (κ3) is 5.09. The molecule has 0 aliphatic rings. The molecule has 2 N–H and O–H groups in total. The van der Waals surface area contributed by atoms with Crippen molar-refractivity contribution in [2.75, 3.05) is 18.6 Å². The molecule has 7 heteroatoms. The van der Waals surface area contributed by atoms with E-state index in [4.69, 9.17) is 0 Å². The maximum Gasteiger partial charge on any atom is 0.324 e. The Morgan fingerprint density at radius 2 is 2.38 bits per heavy atom. The highest BCUT2D eigenvalue weighted by Gasteiger charge is 2.01. The van der Waals surface area contributed by atoms with Crippen molar-refractivity contribution in [1.82, 2.24) is 15.0 Å². The summed E-state index contributed by atoms with van der Waals surface area (Å²) in [4.78, 5) is 16.4. The second kappa shape index (κ2) is 7.81. The van der Waals surface area contributed by atoms with Gasteiger partial charge in [0.05, 0.1) is 11.2 Å². The summed E-state index contributed by atoms with van der Waals surface area (Å²) in [7, 11) is 1.61. The molecular weight excluding hydrogens is 262 g/mol. The lowest BCUT2D eigenvalue weighted by Crippen LogP contribution is -2.27. The summed E-state index contributed by atoms with van der Waals surface area (Å²) in [5.74, 6) is 2.94. The molecule has 0 bridgehead atoms. The fraction of sp³-hybridized carbons (Fsp3) is 0.556. The van der Waals surface area contributed by atoms with Crippen molar-refractivity contribution >= 4 is 41.1 Å². The number of urea groups is 1. The summed E-state index contributed by atoms with van der Waals surface area (Å²) in [6, 6.07) is -0.145. The Balaban J connectivity index is 2.00. The molecule has 90 valence electrons. The lowest BCUT2D eigenvalue weighted by atomic mass is 10.4. The van der Waals surface area contributed by atoms with Gasteiger partial charge >= 0.3 is 6.03 Å². The number of carbonyl (C=O) groups excluding carboxylic acids is 1. The minimum Gasteiger partial charge on any atom is -0.341 e. The highest BCUT2D eigenvalue weighted by molar-refractivity contribution is 8.01. The van der Waals surface area contributed by atoms with Gasteiger partial charge in [0.2, 0.25) is 0 Å². The Labute approximate surface area is 108 Å². The third-order valence-corrected chi connectivity index (χ3v) is 4.90. The van der Waals surface area contributed by atoms with Crippen molar-refractivity contribution in [2.24, 2.45) is 0 Å². The van der Waals surface area contributed by atoms with Crippen LogP contribution in [0, 0.1) is 6.92 Å². The highest BCUT2D eigenvalue weighted by Crippen LogP contribution is 2.19. The molecule has 0 unspecified atom stereocenters. The van der Waals surface area contributed by atoms with Crippen LogP contribution in [0.2, 0.25) is 0 Å². The van der Waals surface area contributed by atoms with Gasteiger partial charge in [-0.1, -0.05) is 0 Å². The highest BCUT2D eigenvalue weighted by atomic mass is 32.2. The summed E-state index contributed by atoms with van der Waals surface area (Å²) in [5, 5.41) is 2.50. The van der Waals surface area contributed by atoms with Gasteiger partial charge in [-0.15, -0.1) is 11.3 Å². The maximum atomic E-state index is 10.8. The fourth-order valence-corrected chi connectivity index (χ4v) is 3.66. The molecule has 0 spiro atoms. The molecule has 0 aromatic carbocycles. The average Bonchev–Trinajstić information content (AvgIpc) is 2.69. The van der Waals surface area contributed by atoms with Crippen LogP contribution in [0.5, 0.6) is 0 Å². The number of nitrogens with one attached hydrogen (secondary N) is 2. The zero-order valence-electron chi connectivity index (χ0n) is 9.28. The van der Waals surface area contributed by atoms with E-state index in [2.05, 4.69) is 15.0 Å². The zero-order chi connectivity index (χ0) is 11.8. The maximum absolute atomic E-state index is 10.8. The molecule has 0 radical (unpaired) electrons. The summed E-state index contributed by atoms with van der Waals surface area (Å²) in [5.41, 5.74) is 3.02. The van der Waals surface area contributed by atoms with Crippen LogP contribution in [-0.4, -0.2) is 29.6 Å². The van der Waals surface area contributed by atoms with Gasteiger partial charge < -0.3 is 5.32 Å². The van der Waals surface area contributed by atoms with E-state index in [1.807, 2.05) is 24.2 Å². The normalized spacial score (nSPS) is 10.1. The van der Waals surface area contributed by atoms with Crippen LogP contribution in [0.15, 0.2) is 5.51 Å². The monoisotopic (exact) mass is 277 g/mol. The van der Waals surface area contributed by atoms with Crippen molar-refractivity contribution in [1.29, 1.82) is 0 Å². The van der Waals surface area contributed by atoms with Crippen LogP contribution >= 0.6 is 35.0 Å². The largest absolute Gasteiger partial charge is 0.341 e. The molecule has 4 nitrogen and oxygen atoms in total. The Morgan fingerprint density at radius 1 is 1.56 bits per heavy atom. The molecule has 1 rings (SSSR count). The standard InChI is InChI=1S/C9H15N3OS3/c1-7-8(15-6-11-7)5-14-3-4-16-12-9(13)10-2/h6H,3-5H2,1-2H3,(H2,10,12,13). The first kappa shape index (κ1) is 13.7. The number of aryl methyl sites for hydroxylation is 1. The van der Waals surface area contributed by atoms with Crippen LogP contribution in [0.3, 0.4) is 0 Å². The van der Waals surface area contributed by atoms with Crippen molar-refractivity contribution in [3.05, 3.63) is 16.1 Å². The molecule has 0 aliphatic heterocycles. The fourth-order valence-electron chi connectivity index (χ4n) is 0.898. The number of thiazole rings is 1. The molecule has 1 heterocycles. The van der Waals surface area contributed by atoms with Gasteiger partial charge in [-0.05, 0) is 18.9 Å². The molecule has 2 amide bonds. The SMILES string of the molecule is CNC(=O)NSCCSCc1scnc1C. The van der Waals surface area contributed by atoms with E-state index < -0.39 is 0 Å². The summed E-state index contributed by atoms with van der Waals surface area (Å²) >= 11 is 5.00. The Hall–Kier alpha value is -0.400. The van der Waals surface area contributed by atoms with Crippen LogP contribution in [-0.2, 0) is 5.75 Å². The molecule has 0 aliphatic carbocycles. The van der Waals surface area contributed by atoms with Crippen molar-refractivity contribution in [3.63, 3.8) is 0 Å². The van der Waals surface area contributed by atoms with Crippen LogP contribution < -0.4 is 10.0 Å². The molecule has 16 heavy (non-hydrogen) atoms. The number of aromatic nitrogens is 1. The Kier molecular flexibility index (Phi) is 6.67. The van der Waals surface area contributed by atoms with Crippen molar-refractivity contribution in [3.8, 4) is 0 Å². The number of thioether (sulfide) groups is 1. The average molecular weight is 277 g/mol. The molecule has 0 saturated carbocycles. The van der Waals surface area contributed by atoms with Gasteiger partial charge in [0.25, 0.3) is 0 Å². The topological polar surface area (TPSA) is 54.0 Å². The first-order chi connectivity index (χ1) is 7.74. The number of rotatable bonds is 6. The van der Waals surface area contributed by atoms with E-state index >= 15 is 0 Å². The van der Waals surface area contributed by atoms with E-state index in [1.165, 1.54) is 16.8 Å². The minimum atomic E-state index is -0.145. The summed E-state index contributed by atoms with van der Waals surface area (Å²) in [6.45, 7) is 2.04. The molecule has 0 saturated heterocycles. The van der Waals surface area contributed by atoms with Gasteiger partial charge in [-0.25, -0.2) is 9.78 Å². The second-order valence-electron chi connectivity index (χ2n) is 2.94. The number of hydrogen-bond acceptors (Lipinski definition) is 5. The zero-order valence-corrected chi connectivity index (χ0v) is 11.7. The molecule has 1 aromatic heterocycles. The van der Waals surface area contributed by atoms with Crippen molar-refractivity contribution in [2.45, 2.75) is 12.7 Å². The van der Waals surface area contributed by atoms with E-state index in [-0.39, 0.29) is 6.03 Å². The quantitative estimate of drug-likeness (QED) is 0.618. The second-order valence-corrected chi connectivity index (χ2v) is 5.89. The number of nitrogens with zero attached hydrogens (tertiary/aromatic N) is 1. The van der Waals surface area contributed by atoms with Gasteiger partial charge in [0.1, 0.15) is 0 Å². The van der Waals surface area contributed by atoms with Crippen LogP contribution in [0.25, 0.3) is 0 Å². The smallest absolute Gasteiger partial charge is 0.324 e. The van der Waals surface area contributed by atoms with E-state index in [0.29, 0.717) is 0 Å². The van der Waals surface area contributed by atoms with E-state index in [0.717, 1.165) is 23.0 Å². The summed E-state index contributed by atoms with van der Waals surface area (Å²) < 4.78 is 2.68. The molecular formula is C9H15N3OS3. The van der Waals surface area contributed by atoms with E-state index in [9.17, 15) is 4.79 Å². The predicted octanol–water partition coefficient (Wildman–Crippen LogP) is 2.26. The third-order valence-electron chi connectivity index (χ3n) is 1.80. The van der Waals surface area contributed by atoms with Crippen LogP contribution in [0.1, 0.15) is 10.6 Å². The minimum absolute atomic E-state index is 0.145.